The van der Waals surface area contributed by atoms with Gasteiger partial charge in [-0.1, -0.05) is 0 Å². The first kappa shape index (κ1) is 15.4. The van der Waals surface area contributed by atoms with Gasteiger partial charge in [-0.05, 0) is 50.6 Å². The summed E-state index contributed by atoms with van der Waals surface area (Å²) in [5.74, 6) is 0.324. The summed E-state index contributed by atoms with van der Waals surface area (Å²) in [6.45, 7) is 4.44. The highest BCUT2D eigenvalue weighted by atomic mass is 16.6. The Hall–Kier alpha value is -1.14. The molecule has 4 fully saturated rings. The zero-order valence-electron chi connectivity index (χ0n) is 13.7. The lowest BCUT2D eigenvalue weighted by Crippen LogP contribution is -2.70. The number of amides is 1. The van der Waals surface area contributed by atoms with Crippen molar-refractivity contribution in [3.8, 4) is 0 Å². The summed E-state index contributed by atoms with van der Waals surface area (Å²) in [5.41, 5.74) is 0. The van der Waals surface area contributed by atoms with Gasteiger partial charge in [-0.3, -0.25) is 14.5 Å². The summed E-state index contributed by atoms with van der Waals surface area (Å²) in [7, 11) is 0. The van der Waals surface area contributed by atoms with E-state index in [4.69, 9.17) is 4.74 Å². The first-order chi connectivity index (χ1) is 11.1. The lowest BCUT2D eigenvalue weighted by molar-refractivity contribution is -0.184. The Bertz CT molecular complexity index is 509. The van der Waals surface area contributed by atoms with Gasteiger partial charge in [0, 0.05) is 32.0 Å². The van der Waals surface area contributed by atoms with Crippen molar-refractivity contribution in [2.24, 2.45) is 11.8 Å². The number of hydrogen-bond acceptors (Lipinski definition) is 5. The van der Waals surface area contributed by atoms with Gasteiger partial charge in [-0.15, -0.1) is 0 Å². The molecule has 4 saturated heterocycles. The predicted molar refractivity (Wildman–Crippen MR) is 82.5 cm³/mol. The molecule has 1 N–H and O–H groups in total. The molecule has 0 aliphatic carbocycles. The lowest BCUT2D eigenvalue weighted by Gasteiger charge is -2.59. The summed E-state index contributed by atoms with van der Waals surface area (Å²) < 4.78 is 5.25. The largest absolute Gasteiger partial charge is 0.459 e. The van der Waals surface area contributed by atoms with Gasteiger partial charge in [0.25, 0.3) is 5.91 Å². The minimum Gasteiger partial charge on any atom is -0.459 e. The molecule has 0 spiro atoms. The summed E-state index contributed by atoms with van der Waals surface area (Å²) >= 11 is 0. The number of carbonyl (C=O) groups is 2. The summed E-state index contributed by atoms with van der Waals surface area (Å²) in [4.78, 5) is 28.5. The number of nitrogens with zero attached hydrogens (tertiary/aromatic N) is 2. The van der Waals surface area contributed by atoms with Gasteiger partial charge in [0.05, 0.1) is 0 Å². The molecule has 0 aromatic rings. The summed E-state index contributed by atoms with van der Waals surface area (Å²) in [6.07, 6.45) is 3.39. The van der Waals surface area contributed by atoms with Crippen molar-refractivity contribution in [3.05, 3.63) is 0 Å². The topological polar surface area (TPSA) is 70.1 Å². The second-order valence-electron chi connectivity index (χ2n) is 7.62. The average molecular weight is 322 g/mol. The fraction of sp³-hybridized carbons (Fsp3) is 0.882. The van der Waals surface area contributed by atoms with Crippen LogP contribution in [-0.4, -0.2) is 70.7 Å². The third-order valence-corrected chi connectivity index (χ3v) is 6.35. The van der Waals surface area contributed by atoms with Crippen LogP contribution in [0.15, 0.2) is 0 Å². The summed E-state index contributed by atoms with van der Waals surface area (Å²) in [5, 5.41) is 10.3. The molecule has 0 radical (unpaired) electrons. The number of carbonyl (C=O) groups excluding carboxylic acids is 2. The van der Waals surface area contributed by atoms with Crippen LogP contribution in [0.5, 0.6) is 0 Å². The van der Waals surface area contributed by atoms with Crippen LogP contribution in [0.25, 0.3) is 0 Å². The monoisotopic (exact) mass is 322 g/mol. The highest BCUT2D eigenvalue weighted by Crippen LogP contribution is 2.45. The highest BCUT2D eigenvalue weighted by molar-refractivity contribution is 5.83. The maximum absolute atomic E-state index is 12.7. The van der Waals surface area contributed by atoms with E-state index < -0.39 is 18.2 Å². The molecule has 4 aliphatic rings. The maximum atomic E-state index is 12.7. The number of esters is 1. The SMILES string of the molecule is CC(=O)OC1C[C@@H]2[C@H]3CCCN4CCC[C@@H](CN2C(=O)C1O)[C@@H]34. The van der Waals surface area contributed by atoms with Gasteiger partial charge >= 0.3 is 5.97 Å². The lowest BCUT2D eigenvalue weighted by atomic mass is 9.67. The van der Waals surface area contributed by atoms with Crippen LogP contribution in [0.3, 0.4) is 0 Å². The van der Waals surface area contributed by atoms with E-state index in [0.29, 0.717) is 24.3 Å². The Labute approximate surface area is 136 Å². The molecule has 6 atom stereocenters. The van der Waals surface area contributed by atoms with Gasteiger partial charge in [-0.2, -0.15) is 0 Å². The number of hydrogen-bond donors (Lipinski definition) is 1. The molecule has 0 saturated carbocycles. The number of rotatable bonds is 1. The third kappa shape index (κ3) is 2.47. The Morgan fingerprint density at radius 1 is 1.26 bits per heavy atom. The van der Waals surface area contributed by atoms with Crippen molar-refractivity contribution in [1.29, 1.82) is 0 Å². The van der Waals surface area contributed by atoms with Gasteiger partial charge in [0.15, 0.2) is 6.10 Å². The van der Waals surface area contributed by atoms with Crippen LogP contribution in [0.1, 0.15) is 39.0 Å². The highest BCUT2D eigenvalue weighted by Gasteiger charge is 2.54. The van der Waals surface area contributed by atoms with Crippen molar-refractivity contribution in [3.63, 3.8) is 0 Å². The van der Waals surface area contributed by atoms with Crippen LogP contribution in [0, 0.1) is 11.8 Å². The van der Waals surface area contributed by atoms with Crippen molar-refractivity contribution < 1.29 is 19.4 Å². The molecule has 23 heavy (non-hydrogen) atoms. The zero-order chi connectivity index (χ0) is 16.1. The number of piperidine rings is 4. The first-order valence-corrected chi connectivity index (χ1v) is 8.96. The molecular weight excluding hydrogens is 296 g/mol. The molecule has 0 aromatic heterocycles. The van der Waals surface area contributed by atoms with Crippen LogP contribution < -0.4 is 0 Å². The number of aliphatic hydroxyl groups excluding tert-OH is 1. The maximum Gasteiger partial charge on any atom is 0.303 e. The van der Waals surface area contributed by atoms with Crippen LogP contribution in [-0.2, 0) is 14.3 Å². The molecule has 6 nitrogen and oxygen atoms in total. The van der Waals surface area contributed by atoms with Crippen molar-refractivity contribution in [2.75, 3.05) is 19.6 Å². The van der Waals surface area contributed by atoms with Crippen molar-refractivity contribution in [2.45, 2.75) is 63.3 Å². The number of ether oxygens (including phenoxy) is 1. The minimum absolute atomic E-state index is 0.109. The molecule has 4 rings (SSSR count). The van der Waals surface area contributed by atoms with E-state index in [9.17, 15) is 14.7 Å². The Morgan fingerprint density at radius 2 is 2.00 bits per heavy atom. The molecule has 1 amide bonds. The van der Waals surface area contributed by atoms with Crippen LogP contribution in [0.4, 0.5) is 0 Å². The number of aliphatic hydroxyl groups is 1. The van der Waals surface area contributed by atoms with E-state index in [-0.39, 0.29) is 11.9 Å². The Kier molecular flexibility index (Phi) is 3.84. The predicted octanol–water partition coefficient (Wildman–Crippen LogP) is 0.384. The molecule has 4 heterocycles. The van der Waals surface area contributed by atoms with E-state index in [1.54, 1.807) is 0 Å². The second kappa shape index (κ2) is 5.74. The first-order valence-electron chi connectivity index (χ1n) is 8.96. The van der Waals surface area contributed by atoms with Crippen LogP contribution in [0.2, 0.25) is 0 Å². The van der Waals surface area contributed by atoms with Crippen LogP contribution >= 0.6 is 0 Å². The van der Waals surface area contributed by atoms with E-state index >= 15 is 0 Å². The van der Waals surface area contributed by atoms with Crippen molar-refractivity contribution in [1.82, 2.24) is 9.80 Å². The van der Waals surface area contributed by atoms with E-state index in [2.05, 4.69) is 4.90 Å². The Balaban J connectivity index is 1.61. The fourth-order valence-corrected chi connectivity index (χ4v) is 5.57. The smallest absolute Gasteiger partial charge is 0.303 e. The fourth-order valence-electron chi connectivity index (χ4n) is 5.57. The number of fused-ring (bicyclic) bond motifs is 2. The molecule has 0 aromatic carbocycles. The molecule has 4 aliphatic heterocycles. The Morgan fingerprint density at radius 3 is 2.74 bits per heavy atom. The van der Waals surface area contributed by atoms with Gasteiger partial charge < -0.3 is 14.7 Å². The molecule has 6 heteroatoms. The molecule has 2 unspecified atom stereocenters. The standard InChI is InChI=1S/C17H26N2O4/c1-10(20)23-14-8-13-12-5-3-7-18-6-2-4-11(15(12)18)9-19(13)17(22)16(14)21/h11-16,21H,2-9H2,1H3/t11-,12+,13+,14?,15-,16?/m0/s1. The zero-order valence-corrected chi connectivity index (χ0v) is 13.7. The summed E-state index contributed by atoms with van der Waals surface area (Å²) in [6, 6.07) is 0.678. The van der Waals surface area contributed by atoms with E-state index in [0.717, 1.165) is 13.0 Å². The van der Waals surface area contributed by atoms with Gasteiger partial charge in [0.1, 0.15) is 6.10 Å². The van der Waals surface area contributed by atoms with E-state index in [1.807, 2.05) is 4.90 Å². The average Bonchev–Trinajstić information content (AvgIpc) is 2.53. The third-order valence-electron chi connectivity index (χ3n) is 6.35. The normalized spacial score (nSPS) is 43.6. The van der Waals surface area contributed by atoms with Crippen molar-refractivity contribution >= 4 is 11.9 Å². The second-order valence-corrected chi connectivity index (χ2v) is 7.62. The molecule has 128 valence electrons. The van der Waals surface area contributed by atoms with Gasteiger partial charge in [0.2, 0.25) is 0 Å². The quantitative estimate of drug-likeness (QED) is 0.707. The van der Waals surface area contributed by atoms with E-state index in [1.165, 1.54) is 39.3 Å². The minimum atomic E-state index is -1.20. The molecular formula is C17H26N2O4. The van der Waals surface area contributed by atoms with Gasteiger partial charge in [-0.25, -0.2) is 0 Å². The molecule has 0 bridgehead atoms.